The molecule has 2 aromatic carbocycles. The molecule has 0 bridgehead atoms. The summed E-state index contributed by atoms with van der Waals surface area (Å²) in [5, 5.41) is 9.46. The van der Waals surface area contributed by atoms with Gasteiger partial charge in [0.05, 0.1) is 29.6 Å². The smallest absolute Gasteiger partial charge is 0.351 e. The lowest BCUT2D eigenvalue weighted by Gasteiger charge is -2.37. The van der Waals surface area contributed by atoms with Crippen LogP contribution >= 0.6 is 23.2 Å². The topological polar surface area (TPSA) is 118 Å². The van der Waals surface area contributed by atoms with E-state index in [0.29, 0.717) is 34.6 Å². The molecule has 0 saturated carbocycles. The van der Waals surface area contributed by atoms with Crippen molar-refractivity contribution in [3.8, 4) is 11.6 Å². The summed E-state index contributed by atoms with van der Waals surface area (Å²) >= 11 is 12.7. The Morgan fingerprint density at radius 2 is 1.73 bits per heavy atom. The molecule has 3 atom stereocenters. The number of anilines is 2. The highest BCUT2D eigenvalue weighted by Gasteiger charge is 2.45. The Morgan fingerprint density at radius 3 is 2.41 bits per heavy atom. The standard InChI is InChI=1S/C34H37Cl2N9O4/c1-3-24(2)45-33(46)44(23-40-45)32-11-7-27(17-38-32)42-14-12-41(13-15-42)26-5-8-28(9-6-26)47-18-29-19-48-34(49-29,20-43-22-37-21-39-43)30-10-4-25(35)16-31(30)36/h4-11,16-17,21-24,29H,3,12-15,18-20H2,1-2H3/t24?,29-,34-/m1/s1. The van der Waals surface area contributed by atoms with Crippen molar-refractivity contribution in [1.82, 2.24) is 34.1 Å². The predicted molar refractivity (Wildman–Crippen MR) is 186 cm³/mol. The normalized spacial score (nSPS) is 20.1. The van der Waals surface area contributed by atoms with Gasteiger partial charge in [-0.25, -0.2) is 28.7 Å². The highest BCUT2D eigenvalue weighted by Crippen LogP contribution is 2.40. The lowest BCUT2D eigenvalue weighted by molar-refractivity contribution is -0.190. The van der Waals surface area contributed by atoms with E-state index in [1.807, 2.05) is 50.4 Å². The van der Waals surface area contributed by atoms with E-state index in [-0.39, 0.29) is 24.4 Å². The Kier molecular flexibility index (Phi) is 9.59. The van der Waals surface area contributed by atoms with Gasteiger partial charge in [-0.2, -0.15) is 10.2 Å². The van der Waals surface area contributed by atoms with E-state index in [2.05, 4.69) is 42.1 Å². The zero-order valence-electron chi connectivity index (χ0n) is 27.2. The van der Waals surface area contributed by atoms with Gasteiger partial charge in [0.2, 0.25) is 5.79 Å². The van der Waals surface area contributed by atoms with Crippen LogP contribution < -0.4 is 20.2 Å². The maximum atomic E-state index is 12.8. The second-order valence-electron chi connectivity index (χ2n) is 12.2. The number of nitrogens with zero attached hydrogens (tertiary/aromatic N) is 9. The van der Waals surface area contributed by atoms with Gasteiger partial charge in [0.1, 0.15) is 49.8 Å². The second kappa shape index (κ2) is 14.2. The summed E-state index contributed by atoms with van der Waals surface area (Å²) in [6, 6.07) is 17.3. The van der Waals surface area contributed by atoms with Gasteiger partial charge in [0.15, 0.2) is 0 Å². The molecule has 5 aromatic rings. The van der Waals surface area contributed by atoms with Crippen LogP contribution in [-0.4, -0.2) is 79.6 Å². The minimum Gasteiger partial charge on any atom is -0.491 e. The molecule has 3 aromatic heterocycles. The molecule has 0 radical (unpaired) electrons. The number of piperazine rings is 1. The third kappa shape index (κ3) is 7.02. The molecule has 5 heterocycles. The number of hydrogen-bond acceptors (Lipinski definition) is 10. The minimum atomic E-state index is -1.16. The van der Waals surface area contributed by atoms with Gasteiger partial charge >= 0.3 is 5.69 Å². The predicted octanol–water partition coefficient (Wildman–Crippen LogP) is 4.97. The monoisotopic (exact) mass is 705 g/mol. The fourth-order valence-electron chi connectivity index (χ4n) is 6.10. The van der Waals surface area contributed by atoms with Crippen molar-refractivity contribution < 1.29 is 14.2 Å². The van der Waals surface area contributed by atoms with E-state index in [0.717, 1.165) is 49.7 Å². The molecule has 2 aliphatic rings. The largest absolute Gasteiger partial charge is 0.491 e. The number of pyridine rings is 1. The molecule has 0 amide bonds. The van der Waals surface area contributed by atoms with Crippen molar-refractivity contribution in [2.24, 2.45) is 0 Å². The van der Waals surface area contributed by atoms with Gasteiger partial charge in [-0.3, -0.25) is 0 Å². The summed E-state index contributed by atoms with van der Waals surface area (Å²) in [7, 11) is 0. The van der Waals surface area contributed by atoms with Gasteiger partial charge in [-0.1, -0.05) is 36.2 Å². The van der Waals surface area contributed by atoms with Crippen LogP contribution in [0.2, 0.25) is 10.0 Å². The van der Waals surface area contributed by atoms with Crippen molar-refractivity contribution in [3.05, 3.63) is 106 Å². The first-order valence-corrected chi connectivity index (χ1v) is 17.0. The van der Waals surface area contributed by atoms with Crippen molar-refractivity contribution in [3.63, 3.8) is 0 Å². The number of benzene rings is 2. The third-order valence-electron chi connectivity index (χ3n) is 9.00. The lowest BCUT2D eigenvalue weighted by Crippen LogP contribution is -2.46. The maximum Gasteiger partial charge on any atom is 0.351 e. The molecular formula is C34H37Cl2N9O4. The molecular weight excluding hydrogens is 669 g/mol. The van der Waals surface area contributed by atoms with Crippen LogP contribution in [0.3, 0.4) is 0 Å². The van der Waals surface area contributed by atoms with Crippen LogP contribution in [0, 0.1) is 0 Å². The van der Waals surface area contributed by atoms with E-state index in [9.17, 15) is 4.79 Å². The average Bonchev–Trinajstić information content (AvgIpc) is 3.88. The van der Waals surface area contributed by atoms with Crippen LogP contribution in [0.4, 0.5) is 11.4 Å². The Bertz CT molecular complexity index is 1910. The SMILES string of the molecule is CCC(C)n1ncn(-c2ccc(N3CCN(c4ccc(OC[C@@H]5CO[C@@](Cn6cncn6)(c6ccc(Cl)cc6Cl)O5)cc4)CC3)cn2)c1=O. The van der Waals surface area contributed by atoms with Gasteiger partial charge in [-0.15, -0.1) is 0 Å². The van der Waals surface area contributed by atoms with Crippen molar-refractivity contribution in [2.45, 2.75) is 44.7 Å². The highest BCUT2D eigenvalue weighted by molar-refractivity contribution is 6.35. The summed E-state index contributed by atoms with van der Waals surface area (Å²) in [4.78, 5) is 26.0. The van der Waals surface area contributed by atoms with Crippen LogP contribution in [-0.2, 0) is 21.8 Å². The van der Waals surface area contributed by atoms with E-state index >= 15 is 0 Å². The molecule has 0 aliphatic carbocycles. The summed E-state index contributed by atoms with van der Waals surface area (Å²) in [6.07, 6.45) is 6.92. The molecule has 15 heteroatoms. The van der Waals surface area contributed by atoms with Gasteiger partial charge < -0.3 is 24.0 Å². The summed E-state index contributed by atoms with van der Waals surface area (Å²) in [5.74, 6) is 0.141. The number of aromatic nitrogens is 7. The van der Waals surface area contributed by atoms with Gasteiger partial charge in [-0.05, 0) is 61.9 Å². The molecule has 2 aliphatic heterocycles. The Balaban J connectivity index is 0.925. The molecule has 2 saturated heterocycles. The van der Waals surface area contributed by atoms with E-state index in [1.165, 1.54) is 21.9 Å². The molecule has 7 rings (SSSR count). The van der Waals surface area contributed by atoms with Crippen LogP contribution in [0.25, 0.3) is 5.82 Å². The lowest BCUT2D eigenvalue weighted by atomic mass is 10.1. The quantitative estimate of drug-likeness (QED) is 0.186. The fourth-order valence-corrected chi connectivity index (χ4v) is 6.66. The van der Waals surface area contributed by atoms with Crippen molar-refractivity contribution >= 4 is 34.6 Å². The summed E-state index contributed by atoms with van der Waals surface area (Å²) in [5.41, 5.74) is 2.64. The van der Waals surface area contributed by atoms with Crippen LogP contribution in [0.15, 0.2) is 84.6 Å². The van der Waals surface area contributed by atoms with Crippen LogP contribution in [0.5, 0.6) is 5.75 Å². The number of ether oxygens (including phenoxy) is 3. The van der Waals surface area contributed by atoms with Crippen LogP contribution in [0.1, 0.15) is 31.9 Å². The van der Waals surface area contributed by atoms with Gasteiger partial charge in [0, 0.05) is 42.5 Å². The Labute approximate surface area is 293 Å². The molecule has 13 nitrogen and oxygen atoms in total. The fraction of sp³-hybridized carbons (Fsp3) is 0.382. The van der Waals surface area contributed by atoms with Gasteiger partial charge in [0.25, 0.3) is 0 Å². The summed E-state index contributed by atoms with van der Waals surface area (Å²) in [6.45, 7) is 8.30. The average molecular weight is 707 g/mol. The van der Waals surface area contributed by atoms with E-state index < -0.39 is 5.79 Å². The first kappa shape index (κ1) is 33.1. The highest BCUT2D eigenvalue weighted by atomic mass is 35.5. The van der Waals surface area contributed by atoms with E-state index in [1.54, 1.807) is 23.1 Å². The molecule has 0 spiro atoms. The number of rotatable bonds is 11. The third-order valence-corrected chi connectivity index (χ3v) is 9.55. The Morgan fingerprint density at radius 1 is 0.980 bits per heavy atom. The van der Waals surface area contributed by atoms with E-state index in [4.69, 9.17) is 37.4 Å². The number of halogens is 2. The molecule has 256 valence electrons. The van der Waals surface area contributed by atoms with Crippen molar-refractivity contribution in [1.29, 1.82) is 0 Å². The second-order valence-corrected chi connectivity index (χ2v) is 13.0. The first-order chi connectivity index (χ1) is 23.8. The molecule has 1 unspecified atom stereocenters. The maximum absolute atomic E-state index is 12.8. The summed E-state index contributed by atoms with van der Waals surface area (Å²) < 4.78 is 23.5. The minimum absolute atomic E-state index is 0.0367. The molecule has 2 fully saturated rings. The Hall–Kier alpha value is -4.43. The zero-order valence-corrected chi connectivity index (χ0v) is 28.7. The molecule has 0 N–H and O–H groups in total. The number of hydrogen-bond donors (Lipinski definition) is 0. The first-order valence-electron chi connectivity index (χ1n) is 16.3. The van der Waals surface area contributed by atoms with Crippen molar-refractivity contribution in [2.75, 3.05) is 49.2 Å². The zero-order chi connectivity index (χ0) is 34.0. The molecule has 49 heavy (non-hydrogen) atoms.